The van der Waals surface area contributed by atoms with E-state index < -0.39 is 110 Å². The van der Waals surface area contributed by atoms with Gasteiger partial charge in [-0.25, -0.2) is 0 Å². The minimum atomic E-state index is -1.55. The molecule has 2 saturated heterocycles. The topological polar surface area (TPSA) is 459 Å². The van der Waals surface area contributed by atoms with Crippen LogP contribution in [0.2, 0.25) is 0 Å². The van der Waals surface area contributed by atoms with Gasteiger partial charge in [0.2, 0.25) is 17.7 Å². The molecule has 6 unspecified atom stereocenters. The fourth-order valence-corrected chi connectivity index (χ4v) is 8.34. The second kappa shape index (κ2) is 43.9. The largest absolute Gasteiger partial charge is 0.396 e. The van der Waals surface area contributed by atoms with Gasteiger partial charge in [0.25, 0.3) is 0 Å². The zero-order chi connectivity index (χ0) is 60.8. The Bertz CT molecular complexity index is 1500. The fourth-order valence-electron chi connectivity index (χ4n) is 8.34. The first-order valence-electron chi connectivity index (χ1n) is 28.1. The number of carbonyl (C=O) groups excluding carboxylic acids is 3. The van der Waals surface area contributed by atoms with E-state index >= 15 is 0 Å². The lowest BCUT2D eigenvalue weighted by molar-refractivity contribution is -0.302. The molecule has 0 radical (unpaired) electrons. The standard InChI is InChI=1S/C51H95N3O29/c1-51(30-76-8-2-37(58)52-5-11-70-14-17-73-20-23-79-34-26-33(27-55)40(61)44(65)41(34)62,31-77-9-3-38(59)53-6-12-71-15-18-74-21-24-80-49-47(68)45(66)42(63)35(28-56)82-49)32-78-10-4-39(60)54-7-13-72-16-19-75-22-25-81-50-48(69)46(67)43(64)36(29-57)83-50/h33-36,40-50,55-57,61-69H,2-32H2,1H3,(H,52,58)(H,53,59)(H,54,60)/t33?,34-,35?,36?,40+,41?,42+,43+,44-,45-,46-,47?,48?,49-,50-,51?/m0/s1. The van der Waals surface area contributed by atoms with E-state index in [1.807, 2.05) is 6.92 Å². The van der Waals surface area contributed by atoms with E-state index in [2.05, 4.69) is 16.0 Å². The lowest BCUT2D eigenvalue weighted by Crippen LogP contribution is -2.59. The third-order valence-electron chi connectivity index (χ3n) is 13.2. The van der Waals surface area contributed by atoms with Crippen molar-refractivity contribution in [2.24, 2.45) is 11.3 Å². The van der Waals surface area contributed by atoms with Crippen molar-refractivity contribution in [3.8, 4) is 0 Å². The third kappa shape index (κ3) is 29.8. The molecular formula is C51H95N3O29. The normalized spacial score (nSPS) is 29.1. The highest BCUT2D eigenvalue weighted by atomic mass is 16.7. The van der Waals surface area contributed by atoms with Gasteiger partial charge in [-0.15, -0.1) is 0 Å². The van der Waals surface area contributed by atoms with Crippen LogP contribution in [0.4, 0.5) is 0 Å². The van der Waals surface area contributed by atoms with E-state index in [-0.39, 0.29) is 208 Å². The van der Waals surface area contributed by atoms with Gasteiger partial charge in [-0.2, -0.15) is 0 Å². The van der Waals surface area contributed by atoms with Crippen molar-refractivity contribution in [1.82, 2.24) is 16.0 Å². The molecule has 0 bridgehead atoms. The van der Waals surface area contributed by atoms with Crippen molar-refractivity contribution in [2.45, 2.75) is 118 Å². The highest BCUT2D eigenvalue weighted by molar-refractivity contribution is 5.76. The summed E-state index contributed by atoms with van der Waals surface area (Å²) >= 11 is 0. The second-order valence-corrected chi connectivity index (χ2v) is 20.1. The van der Waals surface area contributed by atoms with Gasteiger partial charge in [-0.1, -0.05) is 6.92 Å². The molecule has 0 aromatic rings. The van der Waals surface area contributed by atoms with Crippen LogP contribution < -0.4 is 16.0 Å². The number of nitrogens with one attached hydrogen (secondary N) is 3. The number of carbonyl (C=O) groups is 3. The zero-order valence-corrected chi connectivity index (χ0v) is 47.4. The Morgan fingerprint density at radius 2 is 0.711 bits per heavy atom. The van der Waals surface area contributed by atoms with Gasteiger partial charge in [0.05, 0.1) is 164 Å². The van der Waals surface area contributed by atoms with Gasteiger partial charge in [0, 0.05) is 56.8 Å². The summed E-state index contributed by atoms with van der Waals surface area (Å²) < 4.78 is 77.2. The first kappa shape index (κ1) is 74.6. The summed E-state index contributed by atoms with van der Waals surface area (Å²) in [6, 6.07) is 0. The molecule has 0 aromatic carbocycles. The first-order chi connectivity index (χ1) is 40.0. The summed E-state index contributed by atoms with van der Waals surface area (Å²) in [4.78, 5) is 37.5. The molecule has 2 aliphatic heterocycles. The second-order valence-electron chi connectivity index (χ2n) is 20.1. The molecule has 32 nitrogen and oxygen atoms in total. The summed E-state index contributed by atoms with van der Waals surface area (Å²) in [5.74, 6) is -1.44. The zero-order valence-electron chi connectivity index (χ0n) is 47.4. The minimum Gasteiger partial charge on any atom is -0.396 e. The average Bonchev–Trinajstić information content (AvgIpc) is 3.66. The van der Waals surface area contributed by atoms with Gasteiger partial charge in [-0.05, 0) is 6.42 Å². The molecule has 3 aliphatic rings. The highest BCUT2D eigenvalue weighted by Gasteiger charge is 2.46. The molecule has 1 aliphatic carbocycles. The Balaban J connectivity index is 1.26. The van der Waals surface area contributed by atoms with Crippen LogP contribution in [0, 0.1) is 11.3 Å². The summed E-state index contributed by atoms with van der Waals surface area (Å²) in [6.45, 7) is 3.98. The summed E-state index contributed by atoms with van der Waals surface area (Å²) in [5.41, 5.74) is -0.748. The molecule has 15 N–H and O–H groups in total. The van der Waals surface area contributed by atoms with Gasteiger partial charge in [-0.3, -0.25) is 14.4 Å². The van der Waals surface area contributed by atoms with Crippen LogP contribution in [-0.2, 0) is 80.7 Å². The van der Waals surface area contributed by atoms with Crippen molar-refractivity contribution >= 4 is 17.7 Å². The van der Waals surface area contributed by atoms with E-state index in [4.69, 9.17) is 66.3 Å². The van der Waals surface area contributed by atoms with Crippen LogP contribution >= 0.6 is 0 Å². The molecule has 3 amide bonds. The molecule has 3 rings (SSSR count). The monoisotopic (exact) mass is 1210 g/mol. The Morgan fingerprint density at radius 1 is 0.386 bits per heavy atom. The van der Waals surface area contributed by atoms with Crippen molar-refractivity contribution in [3.05, 3.63) is 0 Å². The number of ether oxygens (including phenoxy) is 14. The minimum absolute atomic E-state index is 0.00885. The summed E-state index contributed by atoms with van der Waals surface area (Å²) in [7, 11) is 0. The maximum Gasteiger partial charge on any atom is 0.222 e. The molecule has 1 saturated carbocycles. The quantitative estimate of drug-likeness (QED) is 0.0252. The Labute approximate surface area is 482 Å². The van der Waals surface area contributed by atoms with Crippen LogP contribution in [-0.4, -0.2) is 343 Å². The summed E-state index contributed by atoms with van der Waals surface area (Å²) in [5, 5.41) is 126. The lowest BCUT2D eigenvalue weighted by atomic mass is 9.81. The SMILES string of the molecule is CC(COCCC(=O)NCCOCCOCCO[C@H]1OC(CO)[C@@H](O)[C@H](O)C1O)(COCCC(=O)NCCOCCOCCO[C@H]1OC(CO)[C@@H](O)[C@H](O)C1O)COCCC(=O)NCCOCCOCCO[C@H]1CC(CO)[C@@H](O)[C@H](O)C1O. The van der Waals surface area contributed by atoms with Crippen LogP contribution in [0.3, 0.4) is 0 Å². The van der Waals surface area contributed by atoms with Crippen molar-refractivity contribution in [1.29, 1.82) is 0 Å². The van der Waals surface area contributed by atoms with E-state index in [0.29, 0.717) is 0 Å². The smallest absolute Gasteiger partial charge is 0.222 e. The van der Waals surface area contributed by atoms with Crippen LogP contribution in [0.15, 0.2) is 0 Å². The Hall–Kier alpha value is -2.63. The Kier molecular flexibility index (Phi) is 39.5. The molecule has 2 heterocycles. The maximum absolute atomic E-state index is 12.5. The molecule has 0 aromatic heterocycles. The van der Waals surface area contributed by atoms with Crippen LogP contribution in [0.5, 0.6) is 0 Å². The van der Waals surface area contributed by atoms with E-state index in [9.17, 15) is 75.7 Å². The Morgan fingerprint density at radius 3 is 1.06 bits per heavy atom. The van der Waals surface area contributed by atoms with Crippen LogP contribution in [0.25, 0.3) is 0 Å². The van der Waals surface area contributed by atoms with Crippen molar-refractivity contribution in [2.75, 3.05) is 178 Å². The number of hydrogen-bond donors (Lipinski definition) is 15. The number of hydrogen-bond acceptors (Lipinski definition) is 29. The molecule has 83 heavy (non-hydrogen) atoms. The van der Waals surface area contributed by atoms with Gasteiger partial charge < -0.3 is 144 Å². The predicted octanol–water partition coefficient (Wildman–Crippen LogP) is -8.23. The molecule has 15 atom stereocenters. The maximum atomic E-state index is 12.5. The number of amides is 3. The molecular weight excluding hydrogens is 1120 g/mol. The molecule has 0 spiro atoms. The number of aliphatic hydroxyl groups is 12. The first-order valence-corrected chi connectivity index (χ1v) is 28.1. The highest BCUT2D eigenvalue weighted by Crippen LogP contribution is 2.28. The molecule has 3 fully saturated rings. The van der Waals surface area contributed by atoms with E-state index in [1.165, 1.54) is 0 Å². The van der Waals surface area contributed by atoms with E-state index in [1.54, 1.807) is 0 Å². The number of rotatable bonds is 48. The van der Waals surface area contributed by atoms with Crippen LogP contribution in [0.1, 0.15) is 32.6 Å². The van der Waals surface area contributed by atoms with Gasteiger partial charge in [0.15, 0.2) is 12.6 Å². The average molecular weight is 1210 g/mol. The van der Waals surface area contributed by atoms with Gasteiger partial charge in [0.1, 0.15) is 61.0 Å². The lowest BCUT2D eigenvalue weighted by Gasteiger charge is -2.39. The predicted molar refractivity (Wildman–Crippen MR) is 281 cm³/mol. The summed E-state index contributed by atoms with van der Waals surface area (Å²) in [6.07, 6.45) is -18.2. The number of aliphatic hydroxyl groups excluding tert-OH is 12. The van der Waals surface area contributed by atoms with Gasteiger partial charge >= 0.3 is 0 Å². The van der Waals surface area contributed by atoms with Crippen molar-refractivity contribution in [3.63, 3.8) is 0 Å². The third-order valence-corrected chi connectivity index (χ3v) is 13.2. The molecule has 488 valence electrons. The van der Waals surface area contributed by atoms with E-state index in [0.717, 1.165) is 0 Å². The fraction of sp³-hybridized carbons (Fsp3) is 0.941. The molecule has 32 heteroatoms. The van der Waals surface area contributed by atoms with Crippen molar-refractivity contribution < 1.29 is 142 Å².